The molecule has 0 aromatic carbocycles. The first kappa shape index (κ1) is 12.4. The van der Waals surface area contributed by atoms with Gasteiger partial charge in [-0.25, -0.2) is 8.42 Å². The van der Waals surface area contributed by atoms with E-state index in [1.807, 2.05) is 0 Å². The second-order valence-electron chi connectivity index (χ2n) is 3.12. The summed E-state index contributed by atoms with van der Waals surface area (Å²) in [4.78, 5) is 11.3. The van der Waals surface area contributed by atoms with E-state index in [1.165, 1.54) is 10.6 Å². The van der Waals surface area contributed by atoms with Crippen LogP contribution in [0.15, 0.2) is 27.6 Å². The molecule has 0 saturated heterocycles. The lowest BCUT2D eigenvalue weighted by molar-refractivity contribution is 0.588. The van der Waals surface area contributed by atoms with E-state index in [0.29, 0.717) is 0 Å². The van der Waals surface area contributed by atoms with Crippen molar-refractivity contribution in [2.75, 3.05) is 11.5 Å². The maximum absolute atomic E-state index is 11.3. The highest BCUT2D eigenvalue weighted by Crippen LogP contribution is 2.05. The van der Waals surface area contributed by atoms with E-state index in [4.69, 9.17) is 0 Å². The summed E-state index contributed by atoms with van der Waals surface area (Å²) in [6.45, 7) is 1.80. The lowest BCUT2D eigenvalue weighted by Gasteiger charge is -2.05. The molecule has 1 aromatic rings. The molecule has 0 spiro atoms. The standard InChI is InChI=1S/C9H12BrNO3S/c1-2-15(13,14)6-5-11-7-8(10)3-4-9(11)12/h3-4,7H,2,5-6H2,1H3. The fraction of sp³-hybridized carbons (Fsp3) is 0.444. The molecule has 4 nitrogen and oxygen atoms in total. The minimum absolute atomic E-state index is 0.000139. The summed E-state index contributed by atoms with van der Waals surface area (Å²) >= 11 is 3.22. The van der Waals surface area contributed by atoms with Gasteiger partial charge in [-0.05, 0) is 22.0 Å². The smallest absolute Gasteiger partial charge is 0.250 e. The van der Waals surface area contributed by atoms with Crippen molar-refractivity contribution < 1.29 is 8.42 Å². The highest BCUT2D eigenvalue weighted by Gasteiger charge is 2.07. The Bertz CT molecular complexity index is 492. The van der Waals surface area contributed by atoms with Gasteiger partial charge in [0.25, 0.3) is 5.56 Å². The molecular weight excluding hydrogens is 282 g/mol. The van der Waals surface area contributed by atoms with Gasteiger partial charge >= 0.3 is 0 Å². The van der Waals surface area contributed by atoms with Crippen molar-refractivity contribution in [3.8, 4) is 0 Å². The van der Waals surface area contributed by atoms with Crippen molar-refractivity contribution in [1.82, 2.24) is 4.57 Å². The molecule has 0 N–H and O–H groups in total. The molecule has 0 radical (unpaired) electrons. The van der Waals surface area contributed by atoms with Crippen molar-refractivity contribution in [3.63, 3.8) is 0 Å². The SMILES string of the molecule is CCS(=O)(=O)CCn1cc(Br)ccc1=O. The van der Waals surface area contributed by atoms with Crippen LogP contribution in [0.3, 0.4) is 0 Å². The Balaban J connectivity index is 2.82. The maximum Gasteiger partial charge on any atom is 0.250 e. The Kier molecular flexibility index (Phi) is 4.10. The molecule has 6 heteroatoms. The molecule has 0 unspecified atom stereocenters. The second-order valence-corrected chi connectivity index (χ2v) is 6.50. The third-order valence-electron chi connectivity index (χ3n) is 2.03. The number of sulfone groups is 1. The third kappa shape index (κ3) is 3.79. The van der Waals surface area contributed by atoms with E-state index in [2.05, 4.69) is 15.9 Å². The van der Waals surface area contributed by atoms with Gasteiger partial charge in [0.2, 0.25) is 0 Å². The lowest BCUT2D eigenvalue weighted by atomic mass is 10.5. The molecule has 84 valence electrons. The summed E-state index contributed by atoms with van der Waals surface area (Å²) in [6, 6.07) is 3.04. The van der Waals surface area contributed by atoms with Crippen LogP contribution < -0.4 is 5.56 Å². The van der Waals surface area contributed by atoms with Gasteiger partial charge in [0.05, 0.1) is 5.75 Å². The molecule has 0 saturated carbocycles. The highest BCUT2D eigenvalue weighted by molar-refractivity contribution is 9.10. The predicted molar refractivity (Wildman–Crippen MR) is 62.7 cm³/mol. The zero-order valence-corrected chi connectivity index (χ0v) is 10.7. The number of rotatable bonds is 4. The molecular formula is C9H12BrNO3S. The lowest BCUT2D eigenvalue weighted by Crippen LogP contribution is -2.23. The summed E-state index contributed by atoms with van der Waals surface area (Å²) < 4.78 is 24.6. The second kappa shape index (κ2) is 4.94. The zero-order chi connectivity index (χ0) is 11.5. The first-order valence-corrected chi connectivity index (χ1v) is 7.12. The van der Waals surface area contributed by atoms with Crippen molar-refractivity contribution in [2.24, 2.45) is 0 Å². The molecule has 0 aliphatic carbocycles. The molecule has 0 amide bonds. The van der Waals surface area contributed by atoms with E-state index < -0.39 is 9.84 Å². The minimum atomic E-state index is -3.02. The van der Waals surface area contributed by atoms with E-state index >= 15 is 0 Å². The topological polar surface area (TPSA) is 56.1 Å². The van der Waals surface area contributed by atoms with Gasteiger partial charge < -0.3 is 4.57 Å². The molecule has 0 aliphatic rings. The Morgan fingerprint density at radius 2 is 2.07 bits per heavy atom. The van der Waals surface area contributed by atoms with Crippen LogP contribution in [0.2, 0.25) is 0 Å². The van der Waals surface area contributed by atoms with Gasteiger partial charge in [-0.3, -0.25) is 4.79 Å². The number of aromatic nitrogens is 1. The largest absolute Gasteiger partial charge is 0.313 e. The van der Waals surface area contributed by atoms with Crippen LogP contribution in [0.5, 0.6) is 0 Å². The average molecular weight is 294 g/mol. The van der Waals surface area contributed by atoms with Gasteiger partial charge in [0.15, 0.2) is 9.84 Å². The first-order valence-electron chi connectivity index (χ1n) is 4.51. The Labute approximate surface area is 97.0 Å². The summed E-state index contributed by atoms with van der Waals surface area (Å²) in [5.41, 5.74) is -0.190. The zero-order valence-electron chi connectivity index (χ0n) is 8.31. The van der Waals surface area contributed by atoms with E-state index in [-0.39, 0.29) is 23.6 Å². The molecule has 0 fully saturated rings. The Morgan fingerprint density at radius 3 is 2.67 bits per heavy atom. The average Bonchev–Trinajstić information content (AvgIpc) is 2.20. The van der Waals surface area contributed by atoms with Crippen LogP contribution in [-0.2, 0) is 16.4 Å². The third-order valence-corrected chi connectivity index (χ3v) is 4.18. The highest BCUT2D eigenvalue weighted by atomic mass is 79.9. The summed E-state index contributed by atoms with van der Waals surface area (Å²) in [5.74, 6) is 0.107. The van der Waals surface area contributed by atoms with E-state index in [1.54, 1.807) is 19.2 Å². The molecule has 1 rings (SSSR count). The van der Waals surface area contributed by atoms with Crippen LogP contribution in [0, 0.1) is 0 Å². The summed E-state index contributed by atoms with van der Waals surface area (Å²) in [7, 11) is -3.02. The van der Waals surface area contributed by atoms with E-state index in [0.717, 1.165) is 4.47 Å². The molecule has 1 aromatic heterocycles. The quantitative estimate of drug-likeness (QED) is 0.834. The molecule has 15 heavy (non-hydrogen) atoms. The van der Waals surface area contributed by atoms with Crippen LogP contribution in [-0.4, -0.2) is 24.5 Å². The Morgan fingerprint density at radius 1 is 1.40 bits per heavy atom. The van der Waals surface area contributed by atoms with Gasteiger partial charge in [0.1, 0.15) is 0 Å². The molecule has 0 bridgehead atoms. The number of aryl methyl sites for hydroxylation is 1. The van der Waals surface area contributed by atoms with Crippen LogP contribution in [0.4, 0.5) is 0 Å². The predicted octanol–water partition coefficient (Wildman–Crippen LogP) is 1.05. The van der Waals surface area contributed by atoms with Crippen molar-refractivity contribution in [2.45, 2.75) is 13.5 Å². The van der Waals surface area contributed by atoms with E-state index in [9.17, 15) is 13.2 Å². The fourth-order valence-electron chi connectivity index (χ4n) is 1.06. The number of hydrogen-bond donors (Lipinski definition) is 0. The fourth-order valence-corrected chi connectivity index (χ4v) is 2.20. The van der Waals surface area contributed by atoms with Crippen molar-refractivity contribution in [1.29, 1.82) is 0 Å². The van der Waals surface area contributed by atoms with Gasteiger partial charge in [0, 0.05) is 29.0 Å². The molecule has 0 atom stereocenters. The monoisotopic (exact) mass is 293 g/mol. The maximum atomic E-state index is 11.3. The van der Waals surface area contributed by atoms with Crippen LogP contribution >= 0.6 is 15.9 Å². The van der Waals surface area contributed by atoms with Crippen LogP contribution in [0.1, 0.15) is 6.92 Å². The molecule has 1 heterocycles. The number of halogens is 1. The molecule has 0 aliphatic heterocycles. The summed E-state index contributed by atoms with van der Waals surface area (Å²) in [6.07, 6.45) is 1.59. The number of nitrogens with zero attached hydrogens (tertiary/aromatic N) is 1. The summed E-state index contributed by atoms with van der Waals surface area (Å²) in [5, 5.41) is 0. The van der Waals surface area contributed by atoms with Crippen LogP contribution in [0.25, 0.3) is 0 Å². The van der Waals surface area contributed by atoms with Crippen molar-refractivity contribution in [3.05, 3.63) is 33.2 Å². The van der Waals surface area contributed by atoms with Crippen molar-refractivity contribution >= 4 is 25.8 Å². The van der Waals surface area contributed by atoms with Gasteiger partial charge in [-0.2, -0.15) is 0 Å². The number of hydrogen-bond acceptors (Lipinski definition) is 3. The minimum Gasteiger partial charge on any atom is -0.313 e. The number of pyridine rings is 1. The Hall–Kier alpha value is -0.620. The van der Waals surface area contributed by atoms with Gasteiger partial charge in [-0.1, -0.05) is 6.92 Å². The van der Waals surface area contributed by atoms with Gasteiger partial charge in [-0.15, -0.1) is 0 Å². The first-order chi connectivity index (χ1) is 6.94. The normalized spacial score (nSPS) is 11.6.